The lowest BCUT2D eigenvalue weighted by molar-refractivity contribution is 0.0734. The minimum atomic E-state index is -0.338. The van der Waals surface area contributed by atoms with Gasteiger partial charge in [0.1, 0.15) is 11.5 Å². The fraction of sp³-hybridized carbons (Fsp3) is 0.545. The van der Waals surface area contributed by atoms with Gasteiger partial charge in [0.05, 0.1) is 12.2 Å². The first kappa shape index (κ1) is 28.0. The Morgan fingerprint density at radius 3 is 2.17 bits per heavy atom. The van der Waals surface area contributed by atoms with Gasteiger partial charge in [0, 0.05) is 0 Å². The van der Waals surface area contributed by atoms with E-state index in [1.165, 1.54) is 63.4 Å². The van der Waals surface area contributed by atoms with Crippen LogP contribution < -0.4 is 9.47 Å². The summed E-state index contributed by atoms with van der Waals surface area (Å²) in [4.78, 5) is 12.5. The van der Waals surface area contributed by atoms with Gasteiger partial charge in [-0.15, -0.1) is 6.58 Å². The molecule has 2 aromatic carbocycles. The third kappa shape index (κ3) is 10.2. The average Bonchev–Trinajstić information content (AvgIpc) is 2.91. The average molecular weight is 491 g/mol. The first-order valence-corrected chi connectivity index (χ1v) is 14.3. The zero-order chi connectivity index (χ0) is 25.4. The first-order chi connectivity index (χ1) is 17.7. The molecule has 1 aliphatic carbocycles. The molecule has 36 heavy (non-hydrogen) atoms. The molecule has 0 aromatic heterocycles. The largest absolute Gasteiger partial charge is 0.494 e. The summed E-state index contributed by atoms with van der Waals surface area (Å²) in [6, 6.07) is 15.2. The van der Waals surface area contributed by atoms with E-state index in [0.29, 0.717) is 17.9 Å². The summed E-state index contributed by atoms with van der Waals surface area (Å²) >= 11 is 0. The number of carbonyl (C=O) groups is 1. The number of esters is 1. The number of ether oxygens (including phenoxy) is 2. The lowest BCUT2D eigenvalue weighted by Crippen LogP contribution is -2.15. The Morgan fingerprint density at radius 2 is 1.50 bits per heavy atom. The second-order valence-electron chi connectivity index (χ2n) is 10.5. The molecule has 0 saturated heterocycles. The molecule has 0 atom stereocenters. The normalized spacial score (nSPS) is 17.5. The lowest BCUT2D eigenvalue weighted by Gasteiger charge is -2.28. The van der Waals surface area contributed by atoms with Crippen LogP contribution in [0.3, 0.4) is 0 Å². The summed E-state index contributed by atoms with van der Waals surface area (Å²) in [6.07, 6.45) is 19.9. The summed E-state index contributed by atoms with van der Waals surface area (Å²) in [6.45, 7) is 6.72. The van der Waals surface area contributed by atoms with Gasteiger partial charge in [-0.25, -0.2) is 4.79 Å². The van der Waals surface area contributed by atoms with E-state index >= 15 is 0 Å². The molecule has 0 radical (unpaired) electrons. The van der Waals surface area contributed by atoms with Crippen LogP contribution in [0, 0.1) is 11.8 Å². The van der Waals surface area contributed by atoms with Crippen molar-refractivity contribution in [3.8, 4) is 11.5 Å². The molecule has 0 heterocycles. The van der Waals surface area contributed by atoms with Crippen LogP contribution >= 0.6 is 0 Å². The Labute approximate surface area is 219 Å². The predicted octanol–water partition coefficient (Wildman–Crippen LogP) is 9.35. The van der Waals surface area contributed by atoms with Gasteiger partial charge in [0.15, 0.2) is 0 Å². The molecule has 0 aliphatic heterocycles. The summed E-state index contributed by atoms with van der Waals surface area (Å²) in [5.41, 5.74) is 1.86. The van der Waals surface area contributed by atoms with E-state index in [2.05, 4.69) is 25.6 Å². The Hall–Kier alpha value is -2.55. The third-order valence-corrected chi connectivity index (χ3v) is 7.57. The molecule has 0 N–H and O–H groups in total. The second-order valence-corrected chi connectivity index (χ2v) is 10.5. The quantitative estimate of drug-likeness (QED) is 0.102. The summed E-state index contributed by atoms with van der Waals surface area (Å²) in [5, 5.41) is 0. The van der Waals surface area contributed by atoms with Gasteiger partial charge in [0.25, 0.3) is 0 Å². The predicted molar refractivity (Wildman–Crippen MR) is 150 cm³/mol. The van der Waals surface area contributed by atoms with Crippen LogP contribution in [0.2, 0.25) is 0 Å². The van der Waals surface area contributed by atoms with Crippen molar-refractivity contribution in [2.45, 2.75) is 96.8 Å². The van der Waals surface area contributed by atoms with E-state index in [4.69, 9.17) is 9.47 Å². The molecule has 0 bridgehead atoms. The Bertz CT molecular complexity index is 876. The molecule has 1 aliphatic rings. The number of unbranched alkanes of at least 4 members (excludes halogenated alkanes) is 5. The van der Waals surface area contributed by atoms with Crippen molar-refractivity contribution in [2.24, 2.45) is 11.8 Å². The van der Waals surface area contributed by atoms with Crippen molar-refractivity contribution in [3.63, 3.8) is 0 Å². The van der Waals surface area contributed by atoms with Crippen LogP contribution in [-0.4, -0.2) is 12.6 Å². The van der Waals surface area contributed by atoms with Crippen molar-refractivity contribution < 1.29 is 14.3 Å². The van der Waals surface area contributed by atoms with E-state index < -0.39 is 0 Å². The summed E-state index contributed by atoms with van der Waals surface area (Å²) < 4.78 is 11.4. The van der Waals surface area contributed by atoms with Crippen LogP contribution in [0.4, 0.5) is 0 Å². The van der Waals surface area contributed by atoms with Gasteiger partial charge >= 0.3 is 5.97 Å². The van der Waals surface area contributed by atoms with Gasteiger partial charge in [-0.05, 0) is 92.3 Å². The standard InChI is InChI=1S/C33H46O3/c1-3-5-7-8-10-26-35-31-24-20-30(21-25-31)33(34)36-32-22-18-29(19-23-32)17-16-28-14-12-27(13-15-28)11-9-6-4-2/h3,18-25,27-28H,1,4-17,26H2,2H3. The molecule has 0 unspecified atom stereocenters. The van der Waals surface area contributed by atoms with E-state index in [1.54, 1.807) is 12.1 Å². The Morgan fingerprint density at radius 1 is 0.833 bits per heavy atom. The summed E-state index contributed by atoms with van der Waals surface area (Å²) in [5.74, 6) is 2.88. The highest BCUT2D eigenvalue weighted by atomic mass is 16.5. The Balaban J connectivity index is 1.34. The molecule has 2 aromatic rings. The molecular weight excluding hydrogens is 444 g/mol. The van der Waals surface area contributed by atoms with Crippen molar-refractivity contribution in [3.05, 3.63) is 72.3 Å². The van der Waals surface area contributed by atoms with E-state index in [1.807, 2.05) is 30.3 Å². The SMILES string of the molecule is C=CCCCCCOc1ccc(C(=O)Oc2ccc(CCC3CCC(CCCCC)CC3)cc2)cc1. The third-order valence-electron chi connectivity index (χ3n) is 7.57. The van der Waals surface area contributed by atoms with E-state index in [-0.39, 0.29) is 5.97 Å². The maximum Gasteiger partial charge on any atom is 0.343 e. The number of benzene rings is 2. The first-order valence-electron chi connectivity index (χ1n) is 14.3. The number of hydrogen-bond donors (Lipinski definition) is 0. The molecule has 1 fully saturated rings. The fourth-order valence-corrected chi connectivity index (χ4v) is 5.20. The second kappa shape index (κ2) is 16.2. The maximum atomic E-state index is 12.5. The van der Waals surface area contributed by atoms with Crippen molar-refractivity contribution in [1.82, 2.24) is 0 Å². The molecule has 196 valence electrons. The highest BCUT2D eigenvalue weighted by molar-refractivity contribution is 5.91. The van der Waals surface area contributed by atoms with Crippen molar-refractivity contribution in [1.29, 1.82) is 0 Å². The van der Waals surface area contributed by atoms with Crippen LogP contribution in [0.15, 0.2) is 61.2 Å². The number of aryl methyl sites for hydroxylation is 1. The molecule has 1 saturated carbocycles. The van der Waals surface area contributed by atoms with E-state index in [9.17, 15) is 4.79 Å². The molecule has 3 nitrogen and oxygen atoms in total. The topological polar surface area (TPSA) is 35.5 Å². The smallest absolute Gasteiger partial charge is 0.343 e. The molecule has 0 amide bonds. The zero-order valence-corrected chi connectivity index (χ0v) is 22.4. The number of allylic oxidation sites excluding steroid dienone is 1. The molecular formula is C33H46O3. The maximum absolute atomic E-state index is 12.5. The fourth-order valence-electron chi connectivity index (χ4n) is 5.20. The van der Waals surface area contributed by atoms with Crippen LogP contribution in [0.5, 0.6) is 11.5 Å². The number of rotatable bonds is 16. The van der Waals surface area contributed by atoms with Crippen molar-refractivity contribution >= 4 is 5.97 Å². The highest BCUT2D eigenvalue weighted by Gasteiger charge is 2.20. The van der Waals surface area contributed by atoms with Gasteiger partial charge in [0.2, 0.25) is 0 Å². The van der Waals surface area contributed by atoms with E-state index in [0.717, 1.165) is 49.7 Å². The van der Waals surface area contributed by atoms with Crippen LogP contribution in [-0.2, 0) is 6.42 Å². The molecule has 3 rings (SSSR count). The minimum Gasteiger partial charge on any atom is -0.494 e. The zero-order valence-electron chi connectivity index (χ0n) is 22.4. The van der Waals surface area contributed by atoms with Crippen LogP contribution in [0.1, 0.15) is 106 Å². The summed E-state index contributed by atoms with van der Waals surface area (Å²) in [7, 11) is 0. The van der Waals surface area contributed by atoms with Gasteiger partial charge in [-0.1, -0.05) is 76.5 Å². The van der Waals surface area contributed by atoms with Crippen LogP contribution in [0.25, 0.3) is 0 Å². The number of carbonyl (C=O) groups excluding carboxylic acids is 1. The lowest BCUT2D eigenvalue weighted by atomic mass is 9.78. The van der Waals surface area contributed by atoms with Gasteiger partial charge in [-0.3, -0.25) is 0 Å². The minimum absolute atomic E-state index is 0.338. The van der Waals surface area contributed by atoms with Crippen molar-refractivity contribution in [2.75, 3.05) is 6.61 Å². The number of hydrogen-bond acceptors (Lipinski definition) is 3. The monoisotopic (exact) mass is 490 g/mol. The molecule has 0 spiro atoms. The van der Waals surface area contributed by atoms with Gasteiger partial charge in [-0.2, -0.15) is 0 Å². The molecule has 3 heteroatoms. The highest BCUT2D eigenvalue weighted by Crippen LogP contribution is 2.34. The Kier molecular flexibility index (Phi) is 12.6. The van der Waals surface area contributed by atoms with Gasteiger partial charge < -0.3 is 9.47 Å².